The average Bonchev–Trinajstić information content (AvgIpc) is 2.58. The van der Waals surface area contributed by atoms with Crippen molar-refractivity contribution in [2.75, 3.05) is 93.0 Å². The van der Waals surface area contributed by atoms with Crippen molar-refractivity contribution in [3.05, 3.63) is 0 Å². The van der Waals surface area contributed by atoms with Gasteiger partial charge in [-0.05, 0) is 6.92 Å². The summed E-state index contributed by atoms with van der Waals surface area (Å²) in [6, 6.07) is 0. The van der Waals surface area contributed by atoms with Crippen LogP contribution in [0.25, 0.3) is 0 Å². The van der Waals surface area contributed by atoms with E-state index >= 15 is 0 Å². The maximum atomic E-state index is 8.45. The summed E-state index contributed by atoms with van der Waals surface area (Å²) in [7, 11) is 1.68. The molecule has 0 saturated carbocycles. The number of rotatable bonds is 17. The Morgan fingerprint density at radius 2 is 0.739 bits per heavy atom. The minimum absolute atomic E-state index is 0.0359. The lowest BCUT2D eigenvalue weighted by Gasteiger charge is -2.07. The van der Waals surface area contributed by atoms with E-state index in [0.29, 0.717) is 66.1 Å². The van der Waals surface area contributed by atoms with E-state index in [0.717, 1.165) is 6.61 Å². The number of methoxy groups -OCH3 is 1. The quantitative estimate of drug-likeness (QED) is 0.348. The van der Waals surface area contributed by atoms with E-state index < -0.39 is 0 Å². The molecule has 0 saturated heterocycles. The van der Waals surface area contributed by atoms with Crippen LogP contribution in [-0.2, 0) is 28.4 Å². The fourth-order valence-corrected chi connectivity index (χ4v) is 1.11. The second-order valence-corrected chi connectivity index (χ2v) is 4.09. The number of aliphatic hydroxyl groups is 2. The van der Waals surface area contributed by atoms with Gasteiger partial charge >= 0.3 is 0 Å². The normalized spacial score (nSPS) is 10.4. The van der Waals surface area contributed by atoms with Crippen LogP contribution in [0.4, 0.5) is 0 Å². The van der Waals surface area contributed by atoms with Gasteiger partial charge in [-0.2, -0.15) is 0 Å². The largest absolute Gasteiger partial charge is 0.394 e. The summed E-state index contributed by atoms with van der Waals surface area (Å²) < 4.78 is 30.3. The molecule has 8 nitrogen and oxygen atoms in total. The van der Waals surface area contributed by atoms with Crippen LogP contribution in [0.1, 0.15) is 6.92 Å². The molecule has 0 aromatic heterocycles. The molecule has 0 atom stereocenters. The third-order valence-electron chi connectivity index (χ3n) is 2.25. The van der Waals surface area contributed by atoms with Crippen molar-refractivity contribution < 1.29 is 38.6 Å². The van der Waals surface area contributed by atoms with E-state index in [-0.39, 0.29) is 13.2 Å². The SMILES string of the molecule is CCOC.OCCOCCOCCOCCOCCOCCO. The first kappa shape index (κ1) is 24.9. The number of ether oxygens (including phenoxy) is 6. The monoisotopic (exact) mass is 342 g/mol. The molecule has 0 radical (unpaired) electrons. The Labute approximate surface area is 139 Å². The van der Waals surface area contributed by atoms with Gasteiger partial charge in [0.2, 0.25) is 0 Å². The predicted molar refractivity (Wildman–Crippen MR) is 85.8 cm³/mol. The molecule has 23 heavy (non-hydrogen) atoms. The van der Waals surface area contributed by atoms with Gasteiger partial charge in [-0.25, -0.2) is 0 Å². The van der Waals surface area contributed by atoms with Crippen molar-refractivity contribution in [2.45, 2.75) is 6.92 Å². The summed E-state index contributed by atoms with van der Waals surface area (Å²) in [6.07, 6.45) is 0. The smallest absolute Gasteiger partial charge is 0.0701 e. The van der Waals surface area contributed by atoms with Gasteiger partial charge in [-0.1, -0.05) is 0 Å². The molecule has 0 aliphatic carbocycles. The molecule has 0 unspecified atom stereocenters. The Morgan fingerprint density at radius 1 is 0.522 bits per heavy atom. The maximum absolute atomic E-state index is 8.45. The Balaban J connectivity index is 0. The zero-order valence-electron chi connectivity index (χ0n) is 14.5. The van der Waals surface area contributed by atoms with Crippen molar-refractivity contribution in [3.8, 4) is 0 Å². The van der Waals surface area contributed by atoms with Crippen molar-refractivity contribution >= 4 is 0 Å². The van der Waals surface area contributed by atoms with Crippen LogP contribution in [0.2, 0.25) is 0 Å². The molecule has 0 bridgehead atoms. The lowest BCUT2D eigenvalue weighted by atomic mass is 10.7. The first-order valence-electron chi connectivity index (χ1n) is 7.92. The summed E-state index contributed by atoms with van der Waals surface area (Å²) in [4.78, 5) is 0. The standard InChI is InChI=1S/C12H26O7.C3H8O/c13-1-3-15-5-7-17-9-11-19-12-10-18-8-6-16-4-2-14;1-3-4-2/h13-14H,1-12H2;3H2,1-2H3. The second-order valence-electron chi connectivity index (χ2n) is 4.09. The van der Waals surface area contributed by atoms with Crippen LogP contribution in [-0.4, -0.2) is 103 Å². The molecule has 0 aliphatic heterocycles. The Hall–Kier alpha value is -0.320. The van der Waals surface area contributed by atoms with Gasteiger partial charge in [0, 0.05) is 13.7 Å². The zero-order chi connectivity index (χ0) is 17.4. The van der Waals surface area contributed by atoms with Crippen molar-refractivity contribution in [1.29, 1.82) is 0 Å². The first-order valence-corrected chi connectivity index (χ1v) is 7.92. The van der Waals surface area contributed by atoms with Gasteiger partial charge in [0.05, 0.1) is 79.3 Å². The van der Waals surface area contributed by atoms with E-state index in [1.54, 1.807) is 7.11 Å². The minimum atomic E-state index is 0.0359. The Kier molecular flexibility index (Phi) is 28.8. The van der Waals surface area contributed by atoms with Crippen molar-refractivity contribution in [3.63, 3.8) is 0 Å². The van der Waals surface area contributed by atoms with Crippen molar-refractivity contribution in [2.24, 2.45) is 0 Å². The summed E-state index contributed by atoms with van der Waals surface area (Å²) in [6.45, 7) is 7.58. The average molecular weight is 342 g/mol. The zero-order valence-corrected chi connectivity index (χ0v) is 14.5. The number of hydrogen-bond acceptors (Lipinski definition) is 8. The third kappa shape index (κ3) is 30.2. The summed E-state index contributed by atoms with van der Waals surface area (Å²) >= 11 is 0. The van der Waals surface area contributed by atoms with Gasteiger partial charge in [0.1, 0.15) is 0 Å². The molecule has 0 aromatic rings. The molecule has 0 amide bonds. The number of aliphatic hydroxyl groups excluding tert-OH is 2. The van der Waals surface area contributed by atoms with Crippen LogP contribution in [0.3, 0.4) is 0 Å². The van der Waals surface area contributed by atoms with Crippen LogP contribution in [0.5, 0.6) is 0 Å². The second kappa shape index (κ2) is 26.6. The van der Waals surface area contributed by atoms with Gasteiger partial charge < -0.3 is 38.6 Å². The summed E-state index contributed by atoms with van der Waals surface area (Å²) in [5.41, 5.74) is 0. The summed E-state index contributed by atoms with van der Waals surface area (Å²) in [5.74, 6) is 0. The maximum Gasteiger partial charge on any atom is 0.0701 e. The highest BCUT2D eigenvalue weighted by atomic mass is 16.6. The molecule has 2 N–H and O–H groups in total. The Morgan fingerprint density at radius 3 is 0.913 bits per heavy atom. The van der Waals surface area contributed by atoms with Gasteiger partial charge in [-0.3, -0.25) is 0 Å². The molecule has 0 aromatic carbocycles. The van der Waals surface area contributed by atoms with Gasteiger partial charge in [0.25, 0.3) is 0 Å². The number of hydrogen-bond donors (Lipinski definition) is 2. The van der Waals surface area contributed by atoms with Crippen molar-refractivity contribution in [1.82, 2.24) is 0 Å². The Bertz CT molecular complexity index is 165. The first-order chi connectivity index (χ1) is 11.3. The van der Waals surface area contributed by atoms with E-state index in [1.165, 1.54) is 0 Å². The molecule has 0 aliphatic rings. The summed E-state index contributed by atoms with van der Waals surface area (Å²) in [5, 5.41) is 16.9. The molecule has 8 heteroatoms. The lowest BCUT2D eigenvalue weighted by Crippen LogP contribution is -2.14. The van der Waals surface area contributed by atoms with E-state index in [9.17, 15) is 0 Å². The molecular formula is C15H34O8. The van der Waals surface area contributed by atoms with E-state index in [1.807, 2.05) is 6.92 Å². The van der Waals surface area contributed by atoms with E-state index in [4.69, 9.17) is 33.9 Å². The van der Waals surface area contributed by atoms with Crippen LogP contribution in [0.15, 0.2) is 0 Å². The molecule has 142 valence electrons. The lowest BCUT2D eigenvalue weighted by molar-refractivity contribution is -0.0151. The predicted octanol–water partition coefficient (Wildman–Crippen LogP) is -0.293. The highest BCUT2D eigenvalue weighted by Gasteiger charge is 1.92. The molecular weight excluding hydrogens is 308 g/mol. The molecule has 0 fully saturated rings. The van der Waals surface area contributed by atoms with Gasteiger partial charge in [-0.15, -0.1) is 0 Å². The third-order valence-corrected chi connectivity index (χ3v) is 2.25. The topological polar surface area (TPSA) is 95.8 Å². The fraction of sp³-hybridized carbons (Fsp3) is 1.00. The van der Waals surface area contributed by atoms with E-state index in [2.05, 4.69) is 4.74 Å². The molecule has 0 spiro atoms. The molecule has 0 heterocycles. The fourth-order valence-electron chi connectivity index (χ4n) is 1.11. The van der Waals surface area contributed by atoms with Crippen LogP contribution in [0, 0.1) is 0 Å². The minimum Gasteiger partial charge on any atom is -0.394 e. The van der Waals surface area contributed by atoms with Crippen LogP contribution >= 0.6 is 0 Å². The van der Waals surface area contributed by atoms with Crippen LogP contribution < -0.4 is 0 Å². The van der Waals surface area contributed by atoms with Gasteiger partial charge in [0.15, 0.2) is 0 Å². The molecule has 0 rings (SSSR count). The highest BCUT2D eigenvalue weighted by molar-refractivity contribution is 4.35. The highest BCUT2D eigenvalue weighted by Crippen LogP contribution is 1.83.